The van der Waals surface area contributed by atoms with Crippen LogP contribution in [-0.4, -0.2) is 34.4 Å². The Morgan fingerprint density at radius 3 is 3.15 bits per heavy atom. The van der Waals surface area contributed by atoms with Crippen molar-refractivity contribution in [2.45, 2.75) is 26.0 Å². The summed E-state index contributed by atoms with van der Waals surface area (Å²) in [7, 11) is 0. The summed E-state index contributed by atoms with van der Waals surface area (Å²) in [5.41, 5.74) is 1.00. The Balaban J connectivity index is 1.38. The van der Waals surface area contributed by atoms with Crippen LogP contribution in [0.25, 0.3) is 10.2 Å². The molecule has 1 fully saturated rings. The molecule has 1 unspecified atom stereocenters. The van der Waals surface area contributed by atoms with Crippen LogP contribution in [0.3, 0.4) is 0 Å². The third-order valence-corrected chi connectivity index (χ3v) is 4.92. The first-order valence-corrected chi connectivity index (χ1v) is 8.93. The number of ether oxygens (including phenoxy) is 1. The Labute approximate surface area is 152 Å². The largest absolute Gasteiger partial charge is 0.484 e. The van der Waals surface area contributed by atoms with Crippen molar-refractivity contribution in [3.63, 3.8) is 0 Å². The maximum Gasteiger partial charge on any atom is 0.273 e. The van der Waals surface area contributed by atoms with E-state index < -0.39 is 11.9 Å². The number of hydrogen-bond donors (Lipinski definition) is 2. The van der Waals surface area contributed by atoms with Crippen LogP contribution in [0.4, 0.5) is 0 Å². The molecule has 1 saturated heterocycles. The molecule has 9 heteroatoms. The highest BCUT2D eigenvalue weighted by atomic mass is 32.1. The lowest BCUT2D eigenvalue weighted by molar-refractivity contribution is -0.120. The molecule has 2 aromatic heterocycles. The third-order valence-electron chi connectivity index (χ3n) is 3.97. The van der Waals surface area contributed by atoms with Crippen molar-refractivity contribution in [2.24, 2.45) is 0 Å². The maximum absolute atomic E-state index is 12.1. The Bertz CT molecular complexity index is 980. The van der Waals surface area contributed by atoms with Crippen molar-refractivity contribution in [3.8, 4) is 5.75 Å². The van der Waals surface area contributed by atoms with E-state index in [0.29, 0.717) is 18.7 Å². The van der Waals surface area contributed by atoms with Gasteiger partial charge in [0.1, 0.15) is 18.1 Å². The van der Waals surface area contributed by atoms with E-state index in [9.17, 15) is 9.59 Å². The number of fused-ring (bicyclic) bond motifs is 1. The lowest BCUT2D eigenvalue weighted by Crippen LogP contribution is -2.40. The van der Waals surface area contributed by atoms with Gasteiger partial charge >= 0.3 is 0 Å². The van der Waals surface area contributed by atoms with Crippen molar-refractivity contribution >= 4 is 33.4 Å². The zero-order valence-corrected chi connectivity index (χ0v) is 14.8. The van der Waals surface area contributed by atoms with Gasteiger partial charge in [-0.05, 0) is 25.5 Å². The van der Waals surface area contributed by atoms with Crippen LogP contribution in [0.1, 0.15) is 27.8 Å². The number of thiazole rings is 1. The number of amides is 2. The number of oxazole rings is 1. The zero-order valence-electron chi connectivity index (χ0n) is 13.9. The van der Waals surface area contributed by atoms with E-state index in [1.807, 2.05) is 25.1 Å². The van der Waals surface area contributed by atoms with E-state index in [0.717, 1.165) is 15.2 Å². The molecule has 8 nitrogen and oxygen atoms in total. The van der Waals surface area contributed by atoms with E-state index in [-0.39, 0.29) is 24.1 Å². The zero-order chi connectivity index (χ0) is 18.1. The summed E-state index contributed by atoms with van der Waals surface area (Å²) in [6.07, 6.45) is 1.82. The normalized spacial score (nSPS) is 16.7. The fraction of sp³-hybridized carbons (Fsp3) is 0.294. The van der Waals surface area contributed by atoms with E-state index in [1.54, 1.807) is 11.3 Å². The number of nitrogens with one attached hydrogen (secondary N) is 2. The molecule has 0 aliphatic carbocycles. The third kappa shape index (κ3) is 3.38. The molecule has 0 saturated carbocycles. The molecule has 1 aromatic carbocycles. The van der Waals surface area contributed by atoms with Gasteiger partial charge in [-0.3, -0.25) is 9.59 Å². The Morgan fingerprint density at radius 1 is 1.46 bits per heavy atom. The van der Waals surface area contributed by atoms with Gasteiger partial charge in [0.05, 0.1) is 15.2 Å². The van der Waals surface area contributed by atoms with Crippen LogP contribution in [0.15, 0.2) is 28.9 Å². The first kappa shape index (κ1) is 16.5. The number of benzene rings is 1. The Kier molecular flexibility index (Phi) is 4.29. The molecule has 26 heavy (non-hydrogen) atoms. The molecule has 1 aliphatic rings. The van der Waals surface area contributed by atoms with E-state index in [1.165, 1.54) is 6.26 Å². The van der Waals surface area contributed by atoms with Crippen LogP contribution in [-0.2, 0) is 11.4 Å². The van der Waals surface area contributed by atoms with Gasteiger partial charge in [0.2, 0.25) is 11.8 Å². The van der Waals surface area contributed by atoms with E-state index in [2.05, 4.69) is 20.6 Å². The maximum atomic E-state index is 12.1. The summed E-state index contributed by atoms with van der Waals surface area (Å²) in [5.74, 6) is 0.301. The van der Waals surface area contributed by atoms with Crippen LogP contribution in [0.2, 0.25) is 0 Å². The summed E-state index contributed by atoms with van der Waals surface area (Å²) < 4.78 is 12.0. The Morgan fingerprint density at radius 2 is 2.35 bits per heavy atom. The first-order chi connectivity index (χ1) is 12.6. The molecule has 0 radical (unpaired) electrons. The summed E-state index contributed by atoms with van der Waals surface area (Å²) in [6, 6.07) is 5.15. The quantitative estimate of drug-likeness (QED) is 0.707. The summed E-state index contributed by atoms with van der Waals surface area (Å²) in [4.78, 5) is 32.2. The van der Waals surface area contributed by atoms with Gasteiger partial charge < -0.3 is 19.8 Å². The lowest BCUT2D eigenvalue weighted by Gasteiger charge is -2.07. The van der Waals surface area contributed by atoms with Crippen LogP contribution in [0.5, 0.6) is 5.75 Å². The summed E-state index contributed by atoms with van der Waals surface area (Å²) in [5, 5.41) is 6.29. The smallest absolute Gasteiger partial charge is 0.273 e. The first-order valence-electron chi connectivity index (χ1n) is 8.11. The molecule has 2 amide bonds. The minimum atomic E-state index is -0.521. The lowest BCUT2D eigenvalue weighted by atomic mass is 10.2. The molecule has 3 aromatic rings. The molecule has 4 rings (SSSR count). The standard InChI is InChI=1S/C17H16N4O4S/c1-9-19-12-6-10(2-3-14(12)26-9)24-8-15-20-13(7-25-15)17(23)21-11-4-5-18-16(11)22/h2-3,6-7,11H,4-5,8H2,1H3,(H,18,22)(H,21,23). The molecule has 1 atom stereocenters. The van der Waals surface area contributed by atoms with Gasteiger partial charge in [-0.15, -0.1) is 11.3 Å². The minimum absolute atomic E-state index is 0.0891. The van der Waals surface area contributed by atoms with Crippen molar-refractivity contribution in [1.82, 2.24) is 20.6 Å². The highest BCUT2D eigenvalue weighted by molar-refractivity contribution is 7.18. The topological polar surface area (TPSA) is 106 Å². The average Bonchev–Trinajstić information content (AvgIpc) is 3.32. The Hall–Kier alpha value is -2.94. The van der Waals surface area contributed by atoms with Gasteiger partial charge in [-0.1, -0.05) is 0 Å². The number of carbonyl (C=O) groups excluding carboxylic acids is 2. The molecular formula is C17H16N4O4S. The molecule has 0 bridgehead atoms. The molecule has 3 heterocycles. The van der Waals surface area contributed by atoms with Crippen molar-refractivity contribution < 1.29 is 18.7 Å². The van der Waals surface area contributed by atoms with E-state index >= 15 is 0 Å². The van der Waals surface area contributed by atoms with Crippen molar-refractivity contribution in [3.05, 3.63) is 41.1 Å². The number of carbonyl (C=O) groups is 2. The van der Waals surface area contributed by atoms with Crippen LogP contribution in [0, 0.1) is 6.92 Å². The fourth-order valence-corrected chi connectivity index (χ4v) is 3.51. The average molecular weight is 372 g/mol. The predicted molar refractivity (Wildman–Crippen MR) is 94.1 cm³/mol. The van der Waals surface area contributed by atoms with Crippen LogP contribution >= 0.6 is 11.3 Å². The van der Waals surface area contributed by atoms with Gasteiger partial charge in [-0.25, -0.2) is 9.97 Å². The number of aryl methyl sites for hydroxylation is 1. The molecule has 2 N–H and O–H groups in total. The molecular weight excluding hydrogens is 356 g/mol. The molecule has 0 spiro atoms. The monoisotopic (exact) mass is 372 g/mol. The predicted octanol–water partition coefficient (Wildman–Crippen LogP) is 1.79. The highest BCUT2D eigenvalue weighted by Gasteiger charge is 2.27. The number of nitrogens with zero attached hydrogens (tertiary/aromatic N) is 2. The summed E-state index contributed by atoms with van der Waals surface area (Å²) in [6.45, 7) is 2.61. The second kappa shape index (κ2) is 6.75. The number of aromatic nitrogens is 2. The number of hydrogen-bond acceptors (Lipinski definition) is 7. The van der Waals surface area contributed by atoms with Gasteiger partial charge in [0.15, 0.2) is 12.3 Å². The minimum Gasteiger partial charge on any atom is -0.484 e. The van der Waals surface area contributed by atoms with Crippen LogP contribution < -0.4 is 15.4 Å². The molecule has 1 aliphatic heterocycles. The van der Waals surface area contributed by atoms with E-state index in [4.69, 9.17) is 9.15 Å². The van der Waals surface area contributed by atoms with Gasteiger partial charge in [0.25, 0.3) is 5.91 Å². The van der Waals surface area contributed by atoms with Crippen molar-refractivity contribution in [1.29, 1.82) is 0 Å². The van der Waals surface area contributed by atoms with Gasteiger partial charge in [0, 0.05) is 12.6 Å². The molecule has 134 valence electrons. The fourth-order valence-electron chi connectivity index (χ4n) is 2.70. The number of rotatable bonds is 5. The second-order valence-corrected chi connectivity index (χ2v) is 7.12. The van der Waals surface area contributed by atoms with Gasteiger partial charge in [-0.2, -0.15) is 0 Å². The summed E-state index contributed by atoms with van der Waals surface area (Å²) >= 11 is 1.62. The van der Waals surface area contributed by atoms with Crippen molar-refractivity contribution in [2.75, 3.05) is 6.54 Å². The second-order valence-electron chi connectivity index (χ2n) is 5.88. The highest BCUT2D eigenvalue weighted by Crippen LogP contribution is 2.25. The SMILES string of the molecule is Cc1nc2cc(OCc3nc(C(=O)NC4CCNC4=O)co3)ccc2s1.